The average molecular weight is 507 g/mol. The van der Waals surface area contributed by atoms with Crippen LogP contribution >= 0.6 is 0 Å². The van der Waals surface area contributed by atoms with Crippen LogP contribution in [0, 0.1) is 11.6 Å². The molecule has 8 nitrogen and oxygen atoms in total. The van der Waals surface area contributed by atoms with Crippen LogP contribution in [0.4, 0.5) is 20.3 Å². The Balaban J connectivity index is 1.40. The molecule has 4 aromatic rings. The van der Waals surface area contributed by atoms with Crippen molar-refractivity contribution in [1.82, 2.24) is 25.0 Å². The van der Waals surface area contributed by atoms with Gasteiger partial charge in [-0.15, -0.1) is 0 Å². The van der Waals surface area contributed by atoms with E-state index >= 15 is 0 Å². The topological polar surface area (TPSA) is 92.6 Å². The second-order valence-corrected chi connectivity index (χ2v) is 8.91. The maximum atomic E-state index is 14.8. The summed E-state index contributed by atoms with van der Waals surface area (Å²) in [5, 5.41) is 9.66. The van der Waals surface area contributed by atoms with Crippen molar-refractivity contribution in [3.8, 4) is 17.0 Å². The average Bonchev–Trinajstić information content (AvgIpc) is 3.59. The van der Waals surface area contributed by atoms with Gasteiger partial charge in [-0.3, -0.25) is 9.20 Å². The molecule has 37 heavy (non-hydrogen) atoms. The highest BCUT2D eigenvalue weighted by Crippen LogP contribution is 2.31. The lowest BCUT2D eigenvalue weighted by atomic mass is 10.0. The summed E-state index contributed by atoms with van der Waals surface area (Å²) >= 11 is 0. The molecule has 192 valence electrons. The number of carbonyl (C=O) groups is 1. The Bertz CT molecular complexity index is 1450. The van der Waals surface area contributed by atoms with E-state index in [1.807, 2.05) is 19.1 Å². The van der Waals surface area contributed by atoms with E-state index in [4.69, 9.17) is 4.74 Å². The summed E-state index contributed by atoms with van der Waals surface area (Å²) in [7, 11) is 1.28. The molecule has 2 aromatic carbocycles. The Hall–Kier alpha value is -4.05. The minimum absolute atomic E-state index is 0.0550. The number of nitrogens with zero attached hydrogens (tertiary/aromatic N) is 3. The number of rotatable bonds is 8. The van der Waals surface area contributed by atoms with Crippen LogP contribution in [0.25, 0.3) is 16.9 Å². The van der Waals surface area contributed by atoms with E-state index in [0.717, 1.165) is 30.6 Å². The fraction of sp³-hybridized carbons (Fsp3) is 0.296. The standard InChI is InChI=1S/C27H28F2N6O2/c1-3-16-13-17(6-7-19(16)27(36)33-14-18-5-4-10-30-18)34-25-26-32-15-21(35(26)12-11-31-25)20-8-9-22(37-2)24(29)23(20)28/h6-9,11-13,15,18,30H,3-5,10,14H2,1-2H3,(H,31,34)(H,33,36). The highest BCUT2D eigenvalue weighted by molar-refractivity contribution is 5.96. The monoisotopic (exact) mass is 506 g/mol. The number of anilines is 2. The van der Waals surface area contributed by atoms with Gasteiger partial charge in [0.25, 0.3) is 5.91 Å². The van der Waals surface area contributed by atoms with Crippen LogP contribution in [0.3, 0.4) is 0 Å². The van der Waals surface area contributed by atoms with Crippen LogP contribution < -0.4 is 20.7 Å². The van der Waals surface area contributed by atoms with Crippen LogP contribution in [0.5, 0.6) is 5.75 Å². The van der Waals surface area contributed by atoms with E-state index < -0.39 is 11.6 Å². The molecular formula is C27H28F2N6O2. The van der Waals surface area contributed by atoms with Crippen molar-refractivity contribution >= 4 is 23.1 Å². The Morgan fingerprint density at radius 2 is 2.08 bits per heavy atom. The van der Waals surface area contributed by atoms with E-state index in [1.54, 1.807) is 22.9 Å². The Morgan fingerprint density at radius 1 is 1.22 bits per heavy atom. The molecule has 0 radical (unpaired) electrons. The van der Waals surface area contributed by atoms with Gasteiger partial charge in [0.15, 0.2) is 23.0 Å². The Morgan fingerprint density at radius 3 is 2.84 bits per heavy atom. The number of methoxy groups -OCH3 is 1. The quantitative estimate of drug-likeness (QED) is 0.327. The number of amides is 1. The van der Waals surface area contributed by atoms with Gasteiger partial charge in [-0.05, 0) is 61.7 Å². The molecule has 1 amide bonds. The lowest BCUT2D eigenvalue weighted by Crippen LogP contribution is -2.37. The van der Waals surface area contributed by atoms with Gasteiger partial charge in [0.1, 0.15) is 0 Å². The Labute approximate surface area is 213 Å². The molecule has 10 heteroatoms. The molecule has 1 saturated heterocycles. The predicted octanol–water partition coefficient (Wildman–Crippen LogP) is 4.47. The molecule has 1 unspecified atom stereocenters. The number of nitrogens with one attached hydrogen (secondary N) is 3. The lowest BCUT2D eigenvalue weighted by Gasteiger charge is -2.15. The van der Waals surface area contributed by atoms with Crippen molar-refractivity contribution in [2.24, 2.45) is 0 Å². The molecule has 1 aliphatic rings. The number of halogens is 2. The first-order chi connectivity index (χ1) is 18.0. The van der Waals surface area contributed by atoms with Gasteiger partial charge in [-0.2, -0.15) is 4.39 Å². The number of aryl methyl sites for hydroxylation is 1. The van der Waals surface area contributed by atoms with Crippen molar-refractivity contribution in [1.29, 1.82) is 0 Å². The molecule has 5 rings (SSSR count). The molecule has 0 aliphatic carbocycles. The molecule has 3 N–H and O–H groups in total. The number of ether oxygens (including phenoxy) is 1. The van der Waals surface area contributed by atoms with Crippen molar-refractivity contribution in [2.45, 2.75) is 32.2 Å². The molecule has 0 saturated carbocycles. The summed E-state index contributed by atoms with van der Waals surface area (Å²) in [5.41, 5.74) is 3.14. The zero-order valence-electron chi connectivity index (χ0n) is 20.6. The zero-order chi connectivity index (χ0) is 25.9. The van der Waals surface area contributed by atoms with Crippen molar-refractivity contribution in [3.05, 3.63) is 71.7 Å². The van der Waals surface area contributed by atoms with Crippen LogP contribution in [-0.4, -0.2) is 46.5 Å². The van der Waals surface area contributed by atoms with Gasteiger partial charge in [0.2, 0.25) is 5.82 Å². The molecule has 0 bridgehead atoms. The van der Waals surface area contributed by atoms with Gasteiger partial charge >= 0.3 is 0 Å². The maximum Gasteiger partial charge on any atom is 0.251 e. The molecule has 1 atom stereocenters. The predicted molar refractivity (Wildman–Crippen MR) is 137 cm³/mol. The first kappa shape index (κ1) is 24.6. The van der Waals surface area contributed by atoms with Gasteiger partial charge in [0.05, 0.1) is 19.0 Å². The first-order valence-corrected chi connectivity index (χ1v) is 12.3. The van der Waals surface area contributed by atoms with Gasteiger partial charge in [-0.25, -0.2) is 14.4 Å². The van der Waals surface area contributed by atoms with Gasteiger partial charge in [-0.1, -0.05) is 6.92 Å². The smallest absolute Gasteiger partial charge is 0.251 e. The van der Waals surface area contributed by atoms with Crippen LogP contribution in [0.15, 0.2) is 48.9 Å². The second kappa shape index (κ2) is 10.5. The maximum absolute atomic E-state index is 14.8. The highest BCUT2D eigenvalue weighted by Gasteiger charge is 2.20. The number of benzene rings is 2. The fourth-order valence-corrected chi connectivity index (χ4v) is 4.66. The minimum Gasteiger partial charge on any atom is -0.494 e. The molecule has 3 heterocycles. The zero-order valence-corrected chi connectivity index (χ0v) is 20.6. The summed E-state index contributed by atoms with van der Waals surface area (Å²) in [6, 6.07) is 8.68. The van der Waals surface area contributed by atoms with Crippen LogP contribution in [0.2, 0.25) is 0 Å². The van der Waals surface area contributed by atoms with Crippen molar-refractivity contribution in [3.63, 3.8) is 0 Å². The van der Waals surface area contributed by atoms with E-state index in [2.05, 4.69) is 25.9 Å². The third kappa shape index (κ3) is 4.84. The van der Waals surface area contributed by atoms with E-state index in [1.165, 1.54) is 25.4 Å². The Kier molecular flexibility index (Phi) is 7.00. The molecule has 1 fully saturated rings. The summed E-state index contributed by atoms with van der Waals surface area (Å²) < 4.78 is 35.6. The SMILES string of the molecule is CCc1cc(Nc2nccn3c(-c4ccc(OC)c(F)c4F)cnc23)ccc1C(=O)NCC1CCCN1. The number of fused-ring (bicyclic) bond motifs is 1. The molecule has 0 spiro atoms. The van der Waals surface area contributed by atoms with Gasteiger partial charge in [0, 0.05) is 41.8 Å². The van der Waals surface area contributed by atoms with Crippen molar-refractivity contribution < 1.29 is 18.3 Å². The van der Waals surface area contributed by atoms with Gasteiger partial charge < -0.3 is 20.7 Å². The van der Waals surface area contributed by atoms with E-state index in [-0.39, 0.29) is 17.2 Å². The van der Waals surface area contributed by atoms with Crippen LogP contribution in [-0.2, 0) is 6.42 Å². The number of imidazole rings is 1. The number of hydrogen-bond acceptors (Lipinski definition) is 6. The normalized spacial score (nSPS) is 15.2. The van der Waals surface area contributed by atoms with E-state index in [9.17, 15) is 13.6 Å². The minimum atomic E-state index is -1.06. The lowest BCUT2D eigenvalue weighted by molar-refractivity contribution is 0.0949. The first-order valence-electron chi connectivity index (χ1n) is 12.3. The number of carbonyl (C=O) groups excluding carboxylic acids is 1. The highest BCUT2D eigenvalue weighted by atomic mass is 19.2. The summed E-state index contributed by atoms with van der Waals surface area (Å²) in [6.07, 6.45) is 7.53. The second-order valence-electron chi connectivity index (χ2n) is 8.91. The van der Waals surface area contributed by atoms with E-state index in [0.29, 0.717) is 41.7 Å². The fourth-order valence-electron chi connectivity index (χ4n) is 4.66. The molecule has 1 aliphatic heterocycles. The summed E-state index contributed by atoms with van der Waals surface area (Å²) in [5.74, 6) is -1.90. The molecular weight excluding hydrogens is 478 g/mol. The third-order valence-corrected chi connectivity index (χ3v) is 6.64. The largest absolute Gasteiger partial charge is 0.494 e. The molecule has 2 aromatic heterocycles. The third-order valence-electron chi connectivity index (χ3n) is 6.64. The van der Waals surface area contributed by atoms with Crippen molar-refractivity contribution in [2.75, 3.05) is 25.5 Å². The summed E-state index contributed by atoms with van der Waals surface area (Å²) in [4.78, 5) is 21.6. The number of aromatic nitrogens is 3. The number of hydrogen-bond donors (Lipinski definition) is 3. The van der Waals surface area contributed by atoms with Crippen LogP contribution in [0.1, 0.15) is 35.7 Å². The summed E-state index contributed by atoms with van der Waals surface area (Å²) in [6.45, 7) is 3.59.